The van der Waals surface area contributed by atoms with Crippen molar-refractivity contribution in [1.82, 2.24) is 0 Å². The first-order valence-corrected chi connectivity index (χ1v) is 3.30. The zero-order valence-electron chi connectivity index (χ0n) is 6.05. The number of aliphatic hydroxyl groups is 1. The van der Waals surface area contributed by atoms with Crippen LogP contribution in [-0.4, -0.2) is 5.11 Å². The third-order valence-corrected chi connectivity index (χ3v) is 1.50. The molecule has 2 heteroatoms. The number of aliphatic hydroxyl groups excluding tert-OH is 1. The molecule has 0 bridgehead atoms. The molecular formula is C9H9FO. The summed E-state index contributed by atoms with van der Waals surface area (Å²) in [4.78, 5) is 0. The van der Waals surface area contributed by atoms with Gasteiger partial charge < -0.3 is 5.11 Å². The molecule has 1 nitrogen and oxygen atoms in total. The van der Waals surface area contributed by atoms with Gasteiger partial charge in [-0.3, -0.25) is 0 Å². The molecule has 1 rings (SSSR count). The highest BCUT2D eigenvalue weighted by Crippen LogP contribution is 2.13. The minimum absolute atomic E-state index is 0.270. The fourth-order valence-corrected chi connectivity index (χ4v) is 0.879. The van der Waals surface area contributed by atoms with E-state index in [9.17, 15) is 4.39 Å². The Balaban J connectivity index is 3.20. The van der Waals surface area contributed by atoms with Gasteiger partial charge in [0.05, 0.1) is 6.61 Å². The van der Waals surface area contributed by atoms with Gasteiger partial charge in [0, 0.05) is 11.1 Å². The van der Waals surface area contributed by atoms with E-state index >= 15 is 0 Å². The van der Waals surface area contributed by atoms with Gasteiger partial charge in [0.2, 0.25) is 0 Å². The van der Waals surface area contributed by atoms with Gasteiger partial charge in [0.25, 0.3) is 0 Å². The summed E-state index contributed by atoms with van der Waals surface area (Å²) in [6.45, 7) is 3.18. The number of rotatable bonds is 2. The van der Waals surface area contributed by atoms with Crippen molar-refractivity contribution in [3.63, 3.8) is 0 Å². The molecule has 0 aromatic heterocycles. The predicted molar refractivity (Wildman–Crippen MR) is 42.4 cm³/mol. The first-order valence-electron chi connectivity index (χ1n) is 3.30. The third-order valence-electron chi connectivity index (χ3n) is 1.50. The van der Waals surface area contributed by atoms with Crippen LogP contribution in [0.4, 0.5) is 4.39 Å². The first-order chi connectivity index (χ1) is 5.29. The molecule has 0 heterocycles. The van der Waals surface area contributed by atoms with Gasteiger partial charge in [-0.05, 0) is 0 Å². The van der Waals surface area contributed by atoms with Crippen LogP contribution in [0, 0.1) is 5.82 Å². The Kier molecular flexibility index (Phi) is 2.39. The molecular weight excluding hydrogens is 143 g/mol. The highest BCUT2D eigenvalue weighted by atomic mass is 19.1. The van der Waals surface area contributed by atoms with E-state index in [1.54, 1.807) is 18.2 Å². The van der Waals surface area contributed by atoms with Crippen molar-refractivity contribution in [1.29, 1.82) is 0 Å². The molecule has 0 amide bonds. The summed E-state index contributed by atoms with van der Waals surface area (Å²) in [5.41, 5.74) is 0.735. The number of benzene rings is 1. The molecule has 0 atom stereocenters. The van der Waals surface area contributed by atoms with E-state index in [2.05, 4.69) is 6.58 Å². The van der Waals surface area contributed by atoms with Crippen LogP contribution in [0.2, 0.25) is 0 Å². The largest absolute Gasteiger partial charge is 0.392 e. The lowest BCUT2D eigenvalue weighted by atomic mass is 10.1. The summed E-state index contributed by atoms with van der Waals surface area (Å²) >= 11 is 0. The van der Waals surface area contributed by atoms with E-state index in [-0.39, 0.29) is 12.4 Å². The highest BCUT2D eigenvalue weighted by Gasteiger charge is 2.02. The monoisotopic (exact) mass is 152 g/mol. The Morgan fingerprint density at radius 2 is 2.27 bits per heavy atom. The van der Waals surface area contributed by atoms with Crippen LogP contribution >= 0.6 is 0 Å². The average Bonchev–Trinajstić information content (AvgIpc) is 2.05. The summed E-state index contributed by atoms with van der Waals surface area (Å²) in [6.07, 6.45) is 1.43. The number of hydrogen-bond donors (Lipinski definition) is 1. The quantitative estimate of drug-likeness (QED) is 0.686. The maximum Gasteiger partial charge on any atom is 0.135 e. The molecule has 0 aliphatic carbocycles. The molecule has 0 fully saturated rings. The Bertz CT molecular complexity index is 268. The van der Waals surface area contributed by atoms with E-state index in [1.807, 2.05) is 0 Å². The summed E-state index contributed by atoms with van der Waals surface area (Å²) in [6, 6.07) is 4.84. The summed E-state index contributed by atoms with van der Waals surface area (Å²) in [5.74, 6) is -0.384. The van der Waals surface area contributed by atoms with Gasteiger partial charge in [-0.1, -0.05) is 30.9 Å². The number of halogens is 1. The molecule has 58 valence electrons. The lowest BCUT2D eigenvalue weighted by molar-refractivity contribution is 0.275. The molecule has 0 saturated heterocycles. The van der Waals surface area contributed by atoms with E-state index in [0.29, 0.717) is 11.1 Å². The van der Waals surface area contributed by atoms with Crippen molar-refractivity contribution < 1.29 is 9.50 Å². The van der Waals surface area contributed by atoms with E-state index in [0.717, 1.165) is 0 Å². The van der Waals surface area contributed by atoms with Gasteiger partial charge in [-0.2, -0.15) is 0 Å². The standard InChI is InChI=1S/C9H9FO/c1-2-7-4-3-5-8(6-11)9(7)10/h2-5,11H,1,6H2. The molecule has 0 aliphatic rings. The first kappa shape index (κ1) is 7.95. The molecule has 0 saturated carbocycles. The van der Waals surface area contributed by atoms with Crippen molar-refractivity contribution in [2.75, 3.05) is 0 Å². The summed E-state index contributed by atoms with van der Waals surface area (Å²) in [5, 5.41) is 8.66. The van der Waals surface area contributed by atoms with Crippen LogP contribution in [-0.2, 0) is 6.61 Å². The molecule has 0 unspecified atom stereocenters. The van der Waals surface area contributed by atoms with Crippen molar-refractivity contribution in [2.24, 2.45) is 0 Å². The SMILES string of the molecule is C=Cc1cccc(CO)c1F. The lowest BCUT2D eigenvalue weighted by Gasteiger charge is -2.00. The molecule has 11 heavy (non-hydrogen) atoms. The Labute approximate surface area is 64.8 Å². The minimum atomic E-state index is -0.384. The average molecular weight is 152 g/mol. The van der Waals surface area contributed by atoms with Crippen molar-refractivity contribution in [3.8, 4) is 0 Å². The maximum absolute atomic E-state index is 13.0. The Morgan fingerprint density at radius 1 is 1.55 bits per heavy atom. The molecule has 1 aromatic carbocycles. The van der Waals surface area contributed by atoms with Gasteiger partial charge in [0.15, 0.2) is 0 Å². The topological polar surface area (TPSA) is 20.2 Å². The zero-order valence-corrected chi connectivity index (χ0v) is 6.05. The predicted octanol–water partition coefficient (Wildman–Crippen LogP) is 1.96. The maximum atomic E-state index is 13.0. The van der Waals surface area contributed by atoms with Crippen LogP contribution in [0.25, 0.3) is 6.08 Å². The Hall–Kier alpha value is -1.15. The normalized spacial score (nSPS) is 9.64. The van der Waals surface area contributed by atoms with E-state index in [1.165, 1.54) is 6.08 Å². The van der Waals surface area contributed by atoms with Gasteiger partial charge in [0.1, 0.15) is 5.82 Å². The fourth-order valence-electron chi connectivity index (χ4n) is 0.879. The van der Waals surface area contributed by atoms with Gasteiger partial charge in [-0.25, -0.2) is 4.39 Å². The summed E-state index contributed by atoms with van der Waals surface area (Å²) < 4.78 is 13.0. The molecule has 0 spiro atoms. The van der Waals surface area contributed by atoms with Gasteiger partial charge in [-0.15, -0.1) is 0 Å². The van der Waals surface area contributed by atoms with Gasteiger partial charge >= 0.3 is 0 Å². The van der Waals surface area contributed by atoms with Crippen LogP contribution in [0.5, 0.6) is 0 Å². The molecule has 0 aliphatic heterocycles. The Morgan fingerprint density at radius 3 is 2.82 bits per heavy atom. The van der Waals surface area contributed by atoms with Crippen LogP contribution in [0.1, 0.15) is 11.1 Å². The molecule has 1 aromatic rings. The second-order valence-corrected chi connectivity index (χ2v) is 2.18. The fraction of sp³-hybridized carbons (Fsp3) is 0.111. The highest BCUT2D eigenvalue weighted by molar-refractivity contribution is 5.49. The number of hydrogen-bond acceptors (Lipinski definition) is 1. The van der Waals surface area contributed by atoms with Crippen LogP contribution < -0.4 is 0 Å². The molecule has 0 radical (unpaired) electrons. The zero-order chi connectivity index (χ0) is 8.27. The van der Waals surface area contributed by atoms with E-state index < -0.39 is 0 Å². The van der Waals surface area contributed by atoms with Crippen LogP contribution in [0.15, 0.2) is 24.8 Å². The van der Waals surface area contributed by atoms with Crippen molar-refractivity contribution in [3.05, 3.63) is 41.7 Å². The van der Waals surface area contributed by atoms with Crippen molar-refractivity contribution in [2.45, 2.75) is 6.61 Å². The second kappa shape index (κ2) is 3.30. The third kappa shape index (κ3) is 1.46. The minimum Gasteiger partial charge on any atom is -0.392 e. The lowest BCUT2D eigenvalue weighted by Crippen LogP contribution is -1.91. The molecule has 1 N–H and O–H groups in total. The van der Waals surface area contributed by atoms with E-state index in [4.69, 9.17) is 5.11 Å². The van der Waals surface area contributed by atoms with Crippen molar-refractivity contribution >= 4 is 6.08 Å². The van der Waals surface area contributed by atoms with Crippen LogP contribution in [0.3, 0.4) is 0 Å². The smallest absolute Gasteiger partial charge is 0.135 e. The summed E-state index contributed by atoms with van der Waals surface area (Å²) in [7, 11) is 0. The second-order valence-electron chi connectivity index (χ2n) is 2.18.